The minimum absolute atomic E-state index is 0.160. The fraction of sp³-hybridized carbons (Fsp3) is 0.800. The SMILES string of the molecule is CC=CC(=O)OCC12CCC(C1)C1CCCC12. The second kappa shape index (κ2) is 4.15. The molecule has 0 amide bonds. The van der Waals surface area contributed by atoms with E-state index in [1.165, 1.54) is 44.6 Å². The average molecular weight is 234 g/mol. The summed E-state index contributed by atoms with van der Waals surface area (Å²) in [5.74, 6) is 2.61. The summed E-state index contributed by atoms with van der Waals surface area (Å²) in [6.07, 6.45) is 11.5. The van der Waals surface area contributed by atoms with Gasteiger partial charge in [-0.05, 0) is 56.8 Å². The van der Waals surface area contributed by atoms with E-state index in [1.807, 2.05) is 6.92 Å². The molecule has 0 radical (unpaired) electrons. The Kier molecular flexibility index (Phi) is 2.76. The molecular formula is C15H22O2. The van der Waals surface area contributed by atoms with Gasteiger partial charge in [-0.15, -0.1) is 0 Å². The van der Waals surface area contributed by atoms with Gasteiger partial charge in [0.05, 0.1) is 6.61 Å². The topological polar surface area (TPSA) is 26.3 Å². The number of carbonyl (C=O) groups is 1. The highest BCUT2D eigenvalue weighted by Crippen LogP contribution is 2.65. The van der Waals surface area contributed by atoms with Crippen molar-refractivity contribution < 1.29 is 9.53 Å². The number of ether oxygens (including phenoxy) is 1. The number of hydrogen-bond acceptors (Lipinski definition) is 2. The van der Waals surface area contributed by atoms with Crippen molar-refractivity contribution in [2.24, 2.45) is 23.2 Å². The van der Waals surface area contributed by atoms with Gasteiger partial charge in [0.15, 0.2) is 0 Å². The molecule has 3 aliphatic rings. The Balaban J connectivity index is 1.67. The number of hydrogen-bond donors (Lipinski definition) is 0. The Morgan fingerprint density at radius 1 is 1.41 bits per heavy atom. The molecule has 0 aromatic carbocycles. The predicted molar refractivity (Wildman–Crippen MR) is 66.4 cm³/mol. The van der Waals surface area contributed by atoms with E-state index in [0.717, 1.165) is 17.8 Å². The molecule has 2 nitrogen and oxygen atoms in total. The average Bonchev–Trinajstić information content (AvgIpc) is 2.99. The normalized spacial score (nSPS) is 43.2. The molecule has 0 spiro atoms. The van der Waals surface area contributed by atoms with Crippen molar-refractivity contribution in [1.82, 2.24) is 0 Å². The van der Waals surface area contributed by atoms with E-state index in [4.69, 9.17) is 4.74 Å². The minimum atomic E-state index is -0.160. The smallest absolute Gasteiger partial charge is 0.330 e. The first-order valence-electron chi connectivity index (χ1n) is 7.05. The van der Waals surface area contributed by atoms with Crippen LogP contribution in [0, 0.1) is 23.2 Å². The lowest BCUT2D eigenvalue weighted by Gasteiger charge is -2.35. The summed E-state index contributed by atoms with van der Waals surface area (Å²) in [5.41, 5.74) is 0.364. The molecule has 0 aromatic rings. The summed E-state index contributed by atoms with van der Waals surface area (Å²) in [4.78, 5) is 11.5. The van der Waals surface area contributed by atoms with Gasteiger partial charge in [-0.2, -0.15) is 0 Å². The lowest BCUT2D eigenvalue weighted by atomic mass is 9.72. The molecule has 2 bridgehead atoms. The van der Waals surface area contributed by atoms with Gasteiger partial charge in [-0.3, -0.25) is 0 Å². The lowest BCUT2D eigenvalue weighted by Crippen LogP contribution is -2.33. The highest BCUT2D eigenvalue weighted by atomic mass is 16.5. The van der Waals surface area contributed by atoms with Crippen molar-refractivity contribution in [3.63, 3.8) is 0 Å². The first-order chi connectivity index (χ1) is 8.25. The van der Waals surface area contributed by atoms with Crippen LogP contribution in [0.1, 0.15) is 45.4 Å². The quantitative estimate of drug-likeness (QED) is 0.553. The van der Waals surface area contributed by atoms with Crippen LogP contribution in [0.4, 0.5) is 0 Å². The molecule has 0 aliphatic heterocycles. The summed E-state index contributed by atoms with van der Waals surface area (Å²) >= 11 is 0. The third-order valence-electron chi connectivity index (χ3n) is 5.45. The number of fused-ring (bicyclic) bond motifs is 5. The van der Waals surface area contributed by atoms with Gasteiger partial charge >= 0.3 is 5.97 Å². The maximum Gasteiger partial charge on any atom is 0.330 e. The summed E-state index contributed by atoms with van der Waals surface area (Å²) in [6.45, 7) is 2.53. The molecule has 0 saturated heterocycles. The monoisotopic (exact) mass is 234 g/mol. The van der Waals surface area contributed by atoms with Crippen molar-refractivity contribution in [2.45, 2.75) is 45.4 Å². The molecule has 3 aliphatic carbocycles. The molecule has 0 heterocycles. The van der Waals surface area contributed by atoms with Gasteiger partial charge in [0, 0.05) is 11.5 Å². The molecule has 94 valence electrons. The first-order valence-corrected chi connectivity index (χ1v) is 7.05. The second-order valence-corrected chi connectivity index (χ2v) is 6.17. The maximum absolute atomic E-state index is 11.5. The van der Waals surface area contributed by atoms with Crippen molar-refractivity contribution in [2.75, 3.05) is 6.61 Å². The third-order valence-corrected chi connectivity index (χ3v) is 5.45. The molecule has 4 atom stereocenters. The molecule has 17 heavy (non-hydrogen) atoms. The van der Waals surface area contributed by atoms with Gasteiger partial charge in [0.1, 0.15) is 0 Å². The van der Waals surface area contributed by atoms with Gasteiger partial charge in [-0.25, -0.2) is 4.79 Å². The highest BCUT2D eigenvalue weighted by Gasteiger charge is 2.59. The van der Waals surface area contributed by atoms with Crippen LogP contribution >= 0.6 is 0 Å². The summed E-state index contributed by atoms with van der Waals surface area (Å²) in [7, 11) is 0. The highest BCUT2D eigenvalue weighted by molar-refractivity contribution is 5.81. The summed E-state index contributed by atoms with van der Waals surface area (Å²) < 4.78 is 5.47. The minimum Gasteiger partial charge on any atom is -0.462 e. The molecule has 3 fully saturated rings. The Labute approximate surface area is 103 Å². The molecule has 0 N–H and O–H groups in total. The molecular weight excluding hydrogens is 212 g/mol. The van der Waals surface area contributed by atoms with Crippen LogP contribution in [0.5, 0.6) is 0 Å². The van der Waals surface area contributed by atoms with E-state index < -0.39 is 0 Å². The van der Waals surface area contributed by atoms with Crippen LogP contribution in [0.25, 0.3) is 0 Å². The number of esters is 1. The zero-order valence-electron chi connectivity index (χ0n) is 10.7. The van der Waals surface area contributed by atoms with Crippen molar-refractivity contribution >= 4 is 5.97 Å². The second-order valence-electron chi connectivity index (χ2n) is 6.17. The van der Waals surface area contributed by atoms with E-state index in [-0.39, 0.29) is 5.97 Å². The molecule has 4 unspecified atom stereocenters. The largest absolute Gasteiger partial charge is 0.462 e. The fourth-order valence-electron chi connectivity index (χ4n) is 4.85. The Morgan fingerprint density at radius 3 is 3.12 bits per heavy atom. The summed E-state index contributed by atoms with van der Waals surface area (Å²) in [6, 6.07) is 0. The standard InChI is InChI=1S/C15H22O2/c1-2-4-14(16)17-10-15-8-7-11(9-15)12-5-3-6-13(12)15/h2,4,11-13H,3,5-10H2,1H3. The van der Waals surface area contributed by atoms with Crippen molar-refractivity contribution in [1.29, 1.82) is 0 Å². The van der Waals surface area contributed by atoms with Gasteiger partial charge in [0.2, 0.25) is 0 Å². The predicted octanol–water partition coefficient (Wildman–Crippen LogP) is 3.32. The zero-order valence-corrected chi connectivity index (χ0v) is 10.7. The first kappa shape index (κ1) is 11.3. The number of allylic oxidation sites excluding steroid dienone is 1. The van der Waals surface area contributed by atoms with Crippen LogP contribution in [0.15, 0.2) is 12.2 Å². The Bertz CT molecular complexity index is 347. The van der Waals surface area contributed by atoms with Gasteiger partial charge < -0.3 is 4.74 Å². The van der Waals surface area contributed by atoms with Crippen molar-refractivity contribution in [3.8, 4) is 0 Å². The Morgan fingerprint density at radius 2 is 2.29 bits per heavy atom. The van der Waals surface area contributed by atoms with E-state index in [1.54, 1.807) is 6.08 Å². The maximum atomic E-state index is 11.5. The molecule has 0 aromatic heterocycles. The van der Waals surface area contributed by atoms with Crippen LogP contribution in [0.3, 0.4) is 0 Å². The van der Waals surface area contributed by atoms with E-state index in [2.05, 4.69) is 0 Å². The van der Waals surface area contributed by atoms with Crippen LogP contribution < -0.4 is 0 Å². The third kappa shape index (κ3) is 1.73. The number of rotatable bonds is 3. The number of carbonyl (C=O) groups excluding carboxylic acids is 1. The van der Waals surface area contributed by atoms with E-state index in [9.17, 15) is 4.79 Å². The van der Waals surface area contributed by atoms with E-state index >= 15 is 0 Å². The zero-order chi connectivity index (χ0) is 11.9. The van der Waals surface area contributed by atoms with Crippen molar-refractivity contribution in [3.05, 3.63) is 12.2 Å². The van der Waals surface area contributed by atoms with E-state index in [0.29, 0.717) is 12.0 Å². The lowest BCUT2D eigenvalue weighted by molar-refractivity contribution is -0.142. The van der Waals surface area contributed by atoms with Gasteiger partial charge in [0.25, 0.3) is 0 Å². The molecule has 3 saturated carbocycles. The molecule has 3 rings (SSSR count). The fourth-order valence-corrected chi connectivity index (χ4v) is 4.85. The summed E-state index contributed by atoms with van der Waals surface area (Å²) in [5, 5.41) is 0. The Hall–Kier alpha value is -0.790. The van der Waals surface area contributed by atoms with Crippen LogP contribution in [0.2, 0.25) is 0 Å². The van der Waals surface area contributed by atoms with Crippen LogP contribution in [-0.4, -0.2) is 12.6 Å². The van der Waals surface area contributed by atoms with Gasteiger partial charge in [-0.1, -0.05) is 12.5 Å². The molecule has 2 heteroatoms. The van der Waals surface area contributed by atoms with Crippen LogP contribution in [-0.2, 0) is 9.53 Å².